The van der Waals surface area contributed by atoms with Crippen LogP contribution in [-0.2, 0) is 0 Å². The molecule has 104 valence electrons. The third-order valence-electron chi connectivity index (χ3n) is 3.02. The van der Waals surface area contributed by atoms with Crippen LogP contribution in [0.15, 0.2) is 68.5 Å². The Hall–Kier alpha value is -1.52. The van der Waals surface area contributed by atoms with Crippen molar-refractivity contribution >= 4 is 45.2 Å². The minimum absolute atomic E-state index is 0.257. The number of hydrogen-bond acceptors (Lipinski definition) is 4. The van der Waals surface area contributed by atoms with Crippen LogP contribution >= 0.6 is 22.7 Å². The van der Waals surface area contributed by atoms with Crippen molar-refractivity contribution in [2.75, 3.05) is 0 Å². The van der Waals surface area contributed by atoms with Crippen LogP contribution in [0.25, 0.3) is 22.6 Å². The van der Waals surface area contributed by atoms with Gasteiger partial charge in [-0.15, -0.1) is 0 Å². The predicted octanol–water partition coefficient (Wildman–Crippen LogP) is 3.98. The van der Waals surface area contributed by atoms with Gasteiger partial charge in [0.2, 0.25) is 0 Å². The summed E-state index contributed by atoms with van der Waals surface area (Å²) in [4.78, 5) is 0. The Kier molecular flexibility index (Phi) is 3.57. The normalized spacial score (nSPS) is 11.0. The first-order chi connectivity index (χ1) is 10.4. The van der Waals surface area contributed by atoms with Gasteiger partial charge in [0.1, 0.15) is 0 Å². The molecule has 0 N–H and O–H groups in total. The molecule has 4 aromatic heterocycles. The Morgan fingerprint density at radius 2 is 1.24 bits per heavy atom. The molecule has 0 unspecified atom stereocenters. The zero-order valence-electron chi connectivity index (χ0n) is 10.8. The van der Waals surface area contributed by atoms with Crippen LogP contribution in [0.1, 0.15) is 0 Å². The monoisotopic (exact) mass is 378 g/mol. The molecule has 4 rings (SSSR count). The van der Waals surface area contributed by atoms with Crippen LogP contribution in [0.4, 0.5) is 0 Å². The van der Waals surface area contributed by atoms with Gasteiger partial charge in [-0.05, 0) is 0 Å². The van der Waals surface area contributed by atoms with Crippen LogP contribution in [0.5, 0.6) is 0 Å². The quantitative estimate of drug-likeness (QED) is 0.503. The maximum atomic E-state index is 5.54. The second-order valence-corrected chi connectivity index (χ2v) is 9.44. The molecule has 0 saturated carbocycles. The fraction of sp³-hybridized carbons (Fsp3) is 0. The number of rotatable bonds is 4. The van der Waals surface area contributed by atoms with Gasteiger partial charge >= 0.3 is 136 Å². The van der Waals surface area contributed by atoms with Gasteiger partial charge in [-0.25, -0.2) is 0 Å². The van der Waals surface area contributed by atoms with E-state index in [0.717, 1.165) is 11.5 Å². The summed E-state index contributed by atoms with van der Waals surface area (Å²) in [6.45, 7) is 0. The van der Waals surface area contributed by atoms with E-state index < -0.39 is 0 Å². The zero-order valence-corrected chi connectivity index (χ0v) is 14.2. The molecule has 0 aliphatic rings. The summed E-state index contributed by atoms with van der Waals surface area (Å²) in [5.74, 6) is 1.90. The molecule has 5 heteroatoms. The van der Waals surface area contributed by atoms with Crippen molar-refractivity contribution in [3.8, 4) is 22.6 Å². The van der Waals surface area contributed by atoms with Crippen molar-refractivity contribution in [2.45, 2.75) is 0 Å². The predicted molar refractivity (Wildman–Crippen MR) is 89.1 cm³/mol. The topological polar surface area (TPSA) is 26.3 Å². The molecule has 0 aliphatic carbocycles. The fourth-order valence-corrected chi connectivity index (χ4v) is 7.37. The zero-order chi connectivity index (χ0) is 14.1. The number of furan rings is 2. The van der Waals surface area contributed by atoms with Gasteiger partial charge in [0.15, 0.2) is 0 Å². The first-order valence-corrected chi connectivity index (χ1v) is 9.79. The average molecular weight is 377 g/mol. The standard InChI is InChI=1S/C16H10O2S2Se/c1-3-13(17-7-1)11-5-9-19-15(11)21-16-12(6-10-20-16)14-4-2-8-18-14/h1-10H. The van der Waals surface area contributed by atoms with E-state index in [0.29, 0.717) is 0 Å². The first-order valence-electron chi connectivity index (χ1n) is 6.32. The van der Waals surface area contributed by atoms with E-state index in [4.69, 9.17) is 8.83 Å². The Bertz CT molecular complexity index is 755. The van der Waals surface area contributed by atoms with Crippen LogP contribution in [0.3, 0.4) is 0 Å². The van der Waals surface area contributed by atoms with Gasteiger partial charge in [0, 0.05) is 0 Å². The molecule has 0 spiro atoms. The summed E-state index contributed by atoms with van der Waals surface area (Å²) in [5.41, 5.74) is 2.42. The van der Waals surface area contributed by atoms with Gasteiger partial charge in [0.05, 0.1) is 0 Å². The second kappa shape index (κ2) is 5.70. The molecule has 0 aromatic carbocycles. The van der Waals surface area contributed by atoms with Gasteiger partial charge in [0.25, 0.3) is 0 Å². The molecule has 0 amide bonds. The third-order valence-corrected chi connectivity index (χ3v) is 8.21. The van der Waals surface area contributed by atoms with Crippen molar-refractivity contribution in [3.05, 3.63) is 59.7 Å². The summed E-state index contributed by atoms with van der Waals surface area (Å²) >= 11 is 3.85. The Morgan fingerprint density at radius 1 is 0.714 bits per heavy atom. The SMILES string of the molecule is c1coc(-c2ccsc2[Se]c2sccc2-c2ccco2)c1. The van der Waals surface area contributed by atoms with Crippen LogP contribution < -0.4 is 7.55 Å². The molecule has 21 heavy (non-hydrogen) atoms. The summed E-state index contributed by atoms with van der Waals surface area (Å²) in [6.07, 6.45) is 3.45. The molecule has 0 radical (unpaired) electrons. The fourth-order valence-electron chi connectivity index (χ4n) is 2.06. The molecule has 0 aliphatic heterocycles. The molecule has 2 nitrogen and oxygen atoms in total. The van der Waals surface area contributed by atoms with Crippen molar-refractivity contribution in [2.24, 2.45) is 0 Å². The average Bonchev–Trinajstić information content (AvgIpc) is 3.28. The van der Waals surface area contributed by atoms with E-state index in [-0.39, 0.29) is 15.0 Å². The van der Waals surface area contributed by atoms with E-state index in [2.05, 4.69) is 22.9 Å². The van der Waals surface area contributed by atoms with E-state index in [9.17, 15) is 0 Å². The van der Waals surface area contributed by atoms with Gasteiger partial charge in [-0.2, -0.15) is 0 Å². The van der Waals surface area contributed by atoms with Crippen molar-refractivity contribution in [1.29, 1.82) is 0 Å². The summed E-state index contributed by atoms with van der Waals surface area (Å²) < 4.78 is 13.8. The van der Waals surface area contributed by atoms with Crippen LogP contribution in [0.2, 0.25) is 0 Å². The Balaban J connectivity index is 1.69. The van der Waals surface area contributed by atoms with Gasteiger partial charge in [-0.3, -0.25) is 0 Å². The first kappa shape index (κ1) is 13.2. The molecular formula is C16H10O2S2Se. The number of thiophene rings is 2. The van der Waals surface area contributed by atoms with Gasteiger partial charge in [-0.1, -0.05) is 0 Å². The summed E-state index contributed by atoms with van der Waals surface area (Å²) in [7, 11) is 0. The van der Waals surface area contributed by atoms with Crippen molar-refractivity contribution in [1.82, 2.24) is 0 Å². The van der Waals surface area contributed by atoms with Crippen molar-refractivity contribution < 1.29 is 8.83 Å². The van der Waals surface area contributed by atoms with E-state index in [1.165, 1.54) is 18.7 Å². The summed E-state index contributed by atoms with van der Waals surface area (Å²) in [6, 6.07) is 12.2. The van der Waals surface area contributed by atoms with Gasteiger partial charge < -0.3 is 0 Å². The van der Waals surface area contributed by atoms with Crippen LogP contribution in [0, 0.1) is 0 Å². The Morgan fingerprint density at radius 3 is 1.67 bits per heavy atom. The van der Waals surface area contributed by atoms with E-state index in [1.807, 2.05) is 24.3 Å². The molecule has 0 saturated heterocycles. The number of hydrogen-bond donors (Lipinski definition) is 0. The molecular weight excluding hydrogens is 367 g/mol. The maximum absolute atomic E-state index is 5.54. The van der Waals surface area contributed by atoms with Crippen LogP contribution in [-0.4, -0.2) is 15.0 Å². The second-order valence-electron chi connectivity index (χ2n) is 4.30. The summed E-state index contributed by atoms with van der Waals surface area (Å²) in [5, 5.41) is 4.27. The van der Waals surface area contributed by atoms with Crippen molar-refractivity contribution in [3.63, 3.8) is 0 Å². The van der Waals surface area contributed by atoms with E-state index in [1.54, 1.807) is 35.2 Å². The minimum atomic E-state index is 0.257. The third kappa shape index (κ3) is 2.54. The van der Waals surface area contributed by atoms with E-state index >= 15 is 0 Å². The molecule has 0 fully saturated rings. The molecule has 0 atom stereocenters. The molecule has 0 bridgehead atoms. The molecule has 4 heterocycles. The Labute approximate surface area is 136 Å². The molecule has 4 aromatic rings.